The molecule has 4 rings (SSSR count). The maximum Gasteiger partial charge on any atom is 0.278 e. The van der Waals surface area contributed by atoms with Crippen molar-refractivity contribution in [3.05, 3.63) is 93.3 Å². The first-order valence-electron chi connectivity index (χ1n) is 10.8. The zero-order chi connectivity index (χ0) is 23.5. The quantitative estimate of drug-likeness (QED) is 0.407. The van der Waals surface area contributed by atoms with Crippen molar-refractivity contribution in [3.63, 3.8) is 0 Å². The number of aromatic nitrogens is 2. The second kappa shape index (κ2) is 9.58. The second-order valence-electron chi connectivity index (χ2n) is 8.16. The van der Waals surface area contributed by atoms with Gasteiger partial charge in [-0.1, -0.05) is 36.4 Å². The number of amides is 2. The highest BCUT2D eigenvalue weighted by Crippen LogP contribution is 2.35. The van der Waals surface area contributed by atoms with Gasteiger partial charge in [0.05, 0.1) is 0 Å². The van der Waals surface area contributed by atoms with E-state index in [1.54, 1.807) is 0 Å². The molecule has 1 aromatic heterocycles. The van der Waals surface area contributed by atoms with E-state index in [2.05, 4.69) is 15.3 Å². The van der Waals surface area contributed by atoms with Crippen LogP contribution in [-0.2, 0) is 16.0 Å². The fraction of sp³-hybridized carbons (Fsp3) is 0.231. The summed E-state index contributed by atoms with van der Waals surface area (Å²) in [7, 11) is 0. The topological polar surface area (TPSA) is 75.2 Å². The van der Waals surface area contributed by atoms with E-state index in [1.807, 2.05) is 82.3 Å². The summed E-state index contributed by atoms with van der Waals surface area (Å²) in [6.45, 7) is 8.12. The Kier molecular flexibility index (Phi) is 6.60. The number of benzene rings is 2. The largest absolute Gasteiger partial charge is 0.350 e. The molecule has 0 spiro atoms. The first-order chi connectivity index (χ1) is 15.8. The molecule has 2 heterocycles. The number of carbonyl (C=O) groups is 2. The van der Waals surface area contributed by atoms with Crippen LogP contribution in [0.5, 0.6) is 0 Å². The van der Waals surface area contributed by atoms with Crippen molar-refractivity contribution in [2.45, 2.75) is 39.3 Å². The Morgan fingerprint density at radius 1 is 0.848 bits per heavy atom. The van der Waals surface area contributed by atoms with Gasteiger partial charge in [-0.15, -0.1) is 0 Å². The number of nitrogens with zero attached hydrogens (tertiary/aromatic N) is 3. The lowest BCUT2D eigenvalue weighted by Gasteiger charge is -2.15. The molecule has 0 unspecified atom stereocenters. The summed E-state index contributed by atoms with van der Waals surface area (Å²) in [5, 5.41) is 3.66. The standard InChI is InChI=1S/C26H26N4O2S/c1-16-10-11-21(14-17(16)2)29-22-23(33-26-27-18(3)15-19(4)28-26)25(32)30(24(22)31)13-12-20-8-6-5-7-9-20/h5-11,14-15,29H,12-13H2,1-4H3. The van der Waals surface area contributed by atoms with E-state index < -0.39 is 0 Å². The highest BCUT2D eigenvalue weighted by molar-refractivity contribution is 8.04. The van der Waals surface area contributed by atoms with Gasteiger partial charge < -0.3 is 5.32 Å². The van der Waals surface area contributed by atoms with Crippen LogP contribution in [0.15, 0.2) is 70.4 Å². The summed E-state index contributed by atoms with van der Waals surface area (Å²) in [5.41, 5.74) is 5.98. The van der Waals surface area contributed by atoms with Gasteiger partial charge in [-0.3, -0.25) is 14.5 Å². The van der Waals surface area contributed by atoms with Crippen molar-refractivity contribution in [2.24, 2.45) is 0 Å². The molecule has 2 amide bonds. The predicted octanol–water partition coefficient (Wildman–Crippen LogP) is 4.74. The molecule has 0 aliphatic carbocycles. The van der Waals surface area contributed by atoms with Gasteiger partial charge in [0.2, 0.25) is 0 Å². The number of imide groups is 1. The molecule has 0 bridgehead atoms. The van der Waals surface area contributed by atoms with Crippen molar-refractivity contribution in [2.75, 3.05) is 11.9 Å². The summed E-state index contributed by atoms with van der Waals surface area (Å²) in [6, 6.07) is 17.6. The molecule has 1 N–H and O–H groups in total. The molecule has 6 nitrogen and oxygen atoms in total. The van der Waals surface area contributed by atoms with Crippen molar-refractivity contribution in [3.8, 4) is 0 Å². The van der Waals surface area contributed by atoms with Crippen LogP contribution in [0.1, 0.15) is 28.1 Å². The molecular formula is C26H26N4O2S. The highest BCUT2D eigenvalue weighted by Gasteiger charge is 2.39. The Morgan fingerprint density at radius 2 is 1.55 bits per heavy atom. The number of nitrogens with one attached hydrogen (secondary N) is 1. The zero-order valence-corrected chi connectivity index (χ0v) is 20.0. The third kappa shape index (κ3) is 5.14. The SMILES string of the molecule is Cc1cc(C)nc(SC2=C(Nc3ccc(C)c(C)c3)C(=O)N(CCc3ccccc3)C2=O)n1. The van der Waals surface area contributed by atoms with Gasteiger partial charge in [-0.25, -0.2) is 9.97 Å². The number of anilines is 1. The van der Waals surface area contributed by atoms with Crippen LogP contribution in [0.25, 0.3) is 0 Å². The Bertz CT molecular complexity index is 1230. The van der Waals surface area contributed by atoms with Gasteiger partial charge >= 0.3 is 0 Å². The smallest absolute Gasteiger partial charge is 0.278 e. The summed E-state index contributed by atoms with van der Waals surface area (Å²) >= 11 is 1.13. The monoisotopic (exact) mass is 458 g/mol. The lowest BCUT2D eigenvalue weighted by molar-refractivity contribution is -0.137. The van der Waals surface area contributed by atoms with Crippen LogP contribution in [0, 0.1) is 27.7 Å². The molecule has 0 saturated carbocycles. The van der Waals surface area contributed by atoms with Gasteiger partial charge in [-0.2, -0.15) is 0 Å². The minimum atomic E-state index is -0.332. The van der Waals surface area contributed by atoms with Crippen molar-refractivity contribution >= 4 is 29.3 Å². The molecule has 33 heavy (non-hydrogen) atoms. The number of aryl methyl sites for hydroxylation is 4. The molecule has 168 valence electrons. The average molecular weight is 459 g/mol. The van der Waals surface area contributed by atoms with E-state index in [0.717, 1.165) is 45.5 Å². The van der Waals surface area contributed by atoms with Crippen LogP contribution in [-0.4, -0.2) is 33.2 Å². The third-order valence-corrected chi connectivity index (χ3v) is 6.47. The molecule has 1 aliphatic heterocycles. The van der Waals surface area contributed by atoms with E-state index >= 15 is 0 Å². The van der Waals surface area contributed by atoms with E-state index in [0.29, 0.717) is 23.0 Å². The third-order valence-electron chi connectivity index (χ3n) is 5.52. The lowest BCUT2D eigenvalue weighted by atomic mass is 10.1. The van der Waals surface area contributed by atoms with Gasteiger partial charge in [0.15, 0.2) is 5.16 Å². The van der Waals surface area contributed by atoms with Crippen molar-refractivity contribution in [1.29, 1.82) is 0 Å². The maximum absolute atomic E-state index is 13.4. The minimum Gasteiger partial charge on any atom is -0.350 e. The van der Waals surface area contributed by atoms with Gasteiger partial charge in [0.25, 0.3) is 11.8 Å². The van der Waals surface area contributed by atoms with Crippen LogP contribution in [0.2, 0.25) is 0 Å². The Balaban J connectivity index is 1.65. The first kappa shape index (κ1) is 22.7. The number of hydrogen-bond donors (Lipinski definition) is 1. The Morgan fingerprint density at radius 3 is 2.21 bits per heavy atom. The number of thioether (sulfide) groups is 1. The molecule has 0 fully saturated rings. The zero-order valence-electron chi connectivity index (χ0n) is 19.2. The summed E-state index contributed by atoms with van der Waals surface area (Å²) < 4.78 is 0. The van der Waals surface area contributed by atoms with E-state index in [4.69, 9.17) is 0 Å². The highest BCUT2D eigenvalue weighted by atomic mass is 32.2. The summed E-state index contributed by atoms with van der Waals surface area (Å²) in [5.74, 6) is -0.656. The van der Waals surface area contributed by atoms with Crippen LogP contribution < -0.4 is 5.32 Å². The molecule has 3 aromatic rings. The first-order valence-corrected chi connectivity index (χ1v) is 11.6. The fourth-order valence-corrected chi connectivity index (χ4v) is 4.64. The van der Waals surface area contributed by atoms with Gasteiger partial charge in [0.1, 0.15) is 10.6 Å². The van der Waals surface area contributed by atoms with Crippen molar-refractivity contribution in [1.82, 2.24) is 14.9 Å². The summed E-state index contributed by atoms with van der Waals surface area (Å²) in [4.78, 5) is 37.2. The normalized spacial score (nSPS) is 13.8. The van der Waals surface area contributed by atoms with Gasteiger partial charge in [0, 0.05) is 23.6 Å². The number of hydrogen-bond acceptors (Lipinski definition) is 6. The average Bonchev–Trinajstić information content (AvgIpc) is 2.98. The molecule has 2 aromatic carbocycles. The fourth-order valence-electron chi connectivity index (χ4n) is 3.64. The lowest BCUT2D eigenvalue weighted by Crippen LogP contribution is -2.34. The van der Waals surface area contributed by atoms with Crippen molar-refractivity contribution < 1.29 is 9.59 Å². The number of rotatable bonds is 7. The second-order valence-corrected chi connectivity index (χ2v) is 9.14. The Labute approximate surface area is 198 Å². The van der Waals surface area contributed by atoms with Gasteiger partial charge in [-0.05, 0) is 80.8 Å². The number of carbonyl (C=O) groups excluding carboxylic acids is 2. The molecule has 1 aliphatic rings. The maximum atomic E-state index is 13.4. The summed E-state index contributed by atoms with van der Waals surface area (Å²) in [6.07, 6.45) is 0.591. The molecule has 7 heteroatoms. The molecule has 0 saturated heterocycles. The molecular weight excluding hydrogens is 432 g/mol. The van der Waals surface area contributed by atoms with Crippen LogP contribution in [0.4, 0.5) is 5.69 Å². The molecule has 0 atom stereocenters. The molecule has 0 radical (unpaired) electrons. The predicted molar refractivity (Wildman–Crippen MR) is 131 cm³/mol. The van der Waals surface area contributed by atoms with E-state index in [-0.39, 0.29) is 17.5 Å². The van der Waals surface area contributed by atoms with Crippen LogP contribution in [0.3, 0.4) is 0 Å². The Hall–Kier alpha value is -3.45. The minimum absolute atomic E-state index is 0.268. The van der Waals surface area contributed by atoms with Crippen LogP contribution >= 0.6 is 11.8 Å². The van der Waals surface area contributed by atoms with E-state index in [1.165, 1.54) is 4.90 Å². The van der Waals surface area contributed by atoms with E-state index in [9.17, 15) is 9.59 Å².